The summed E-state index contributed by atoms with van der Waals surface area (Å²) in [5.41, 5.74) is 8.56. The minimum Gasteiger partial charge on any atom is -0.508 e. The van der Waals surface area contributed by atoms with Crippen LogP contribution in [0.1, 0.15) is 35.8 Å². The molecule has 0 bridgehead atoms. The summed E-state index contributed by atoms with van der Waals surface area (Å²) in [5.74, 6) is 0.112. The van der Waals surface area contributed by atoms with E-state index in [-0.39, 0.29) is 28.9 Å². The molecule has 1 heterocycles. The SMILES string of the molecule is N#CC1=C(N)OC2=C(C(=O)C[C@H](c3ccccc3)C2)[C@@H]1c1ccc(O)cc1. The number of carbonyl (C=O) groups excluding carboxylic acids is 1. The monoisotopic (exact) mass is 358 g/mol. The van der Waals surface area contributed by atoms with E-state index in [9.17, 15) is 15.2 Å². The van der Waals surface area contributed by atoms with Crippen molar-refractivity contribution < 1.29 is 14.6 Å². The number of phenolic OH excluding ortho intramolecular Hbond substituents is 1. The topological polar surface area (TPSA) is 96.3 Å². The molecule has 2 aromatic rings. The number of hydrogen-bond acceptors (Lipinski definition) is 5. The Morgan fingerprint density at radius 2 is 1.74 bits per heavy atom. The van der Waals surface area contributed by atoms with Gasteiger partial charge in [0.15, 0.2) is 5.78 Å². The minimum absolute atomic E-state index is 0.0225. The molecule has 2 aliphatic rings. The van der Waals surface area contributed by atoms with Crippen LogP contribution in [0.4, 0.5) is 0 Å². The standard InChI is InChI=1S/C22H18N2O3/c23-12-17-20(14-6-8-16(25)9-7-14)21-18(26)10-15(11-19(21)27-22(17)24)13-4-2-1-3-5-13/h1-9,15,20,25H,10-11,24H2/t15-,20+/m0/s1. The number of nitrogens with zero attached hydrogens (tertiary/aromatic N) is 1. The van der Waals surface area contributed by atoms with Gasteiger partial charge in [0.25, 0.3) is 0 Å². The van der Waals surface area contributed by atoms with Crippen molar-refractivity contribution in [2.45, 2.75) is 24.7 Å². The fraction of sp³-hybridized carbons (Fsp3) is 0.182. The van der Waals surface area contributed by atoms with Crippen LogP contribution in [-0.4, -0.2) is 10.9 Å². The van der Waals surface area contributed by atoms with Crippen molar-refractivity contribution in [2.24, 2.45) is 5.73 Å². The molecule has 2 atom stereocenters. The van der Waals surface area contributed by atoms with E-state index in [1.54, 1.807) is 12.1 Å². The van der Waals surface area contributed by atoms with Gasteiger partial charge in [-0.2, -0.15) is 5.26 Å². The molecule has 1 aliphatic carbocycles. The Hall–Kier alpha value is -3.52. The molecule has 27 heavy (non-hydrogen) atoms. The van der Waals surface area contributed by atoms with E-state index < -0.39 is 5.92 Å². The first-order valence-corrected chi connectivity index (χ1v) is 8.76. The smallest absolute Gasteiger partial charge is 0.205 e. The van der Waals surface area contributed by atoms with Crippen molar-refractivity contribution in [3.8, 4) is 11.8 Å². The Morgan fingerprint density at radius 3 is 2.41 bits per heavy atom. The zero-order chi connectivity index (χ0) is 19.0. The molecule has 2 aromatic carbocycles. The summed E-state index contributed by atoms with van der Waals surface area (Å²) in [4.78, 5) is 13.1. The van der Waals surface area contributed by atoms with Gasteiger partial charge in [-0.3, -0.25) is 4.79 Å². The third-order valence-corrected chi connectivity index (χ3v) is 5.16. The quantitative estimate of drug-likeness (QED) is 0.855. The number of aromatic hydroxyl groups is 1. The molecule has 0 fully saturated rings. The fourth-order valence-electron chi connectivity index (χ4n) is 3.87. The second kappa shape index (κ2) is 6.65. The van der Waals surface area contributed by atoms with Gasteiger partial charge in [-0.05, 0) is 29.2 Å². The van der Waals surface area contributed by atoms with Crippen molar-refractivity contribution in [1.29, 1.82) is 5.26 Å². The zero-order valence-electron chi connectivity index (χ0n) is 14.6. The number of phenols is 1. The number of allylic oxidation sites excluding steroid dienone is 3. The molecule has 5 heteroatoms. The first kappa shape index (κ1) is 16.9. The Bertz CT molecular complexity index is 998. The summed E-state index contributed by atoms with van der Waals surface area (Å²) < 4.78 is 5.74. The largest absolute Gasteiger partial charge is 0.508 e. The number of rotatable bonds is 2. The van der Waals surface area contributed by atoms with Crippen LogP contribution in [0.25, 0.3) is 0 Å². The number of ketones is 1. The van der Waals surface area contributed by atoms with Gasteiger partial charge >= 0.3 is 0 Å². The molecule has 0 saturated heterocycles. The number of nitriles is 1. The van der Waals surface area contributed by atoms with Gasteiger partial charge in [-0.25, -0.2) is 0 Å². The minimum atomic E-state index is -0.566. The van der Waals surface area contributed by atoms with E-state index in [4.69, 9.17) is 10.5 Å². The van der Waals surface area contributed by atoms with E-state index in [2.05, 4.69) is 6.07 Å². The van der Waals surface area contributed by atoms with Crippen LogP contribution < -0.4 is 5.73 Å². The zero-order valence-corrected chi connectivity index (χ0v) is 14.6. The van der Waals surface area contributed by atoms with Crippen LogP contribution in [0.2, 0.25) is 0 Å². The predicted octanol–water partition coefficient (Wildman–Crippen LogP) is 3.60. The lowest BCUT2D eigenvalue weighted by Gasteiger charge is -2.34. The highest BCUT2D eigenvalue weighted by Crippen LogP contribution is 2.46. The molecule has 3 N–H and O–H groups in total. The van der Waals surface area contributed by atoms with E-state index in [1.807, 2.05) is 30.3 Å². The summed E-state index contributed by atoms with van der Waals surface area (Å²) in [7, 11) is 0. The average molecular weight is 358 g/mol. The van der Waals surface area contributed by atoms with Gasteiger partial charge < -0.3 is 15.6 Å². The molecule has 0 radical (unpaired) electrons. The van der Waals surface area contributed by atoms with E-state index >= 15 is 0 Å². The van der Waals surface area contributed by atoms with Crippen molar-refractivity contribution in [2.75, 3.05) is 0 Å². The highest BCUT2D eigenvalue weighted by molar-refractivity contribution is 6.00. The normalized spacial score (nSPS) is 22.1. The predicted molar refractivity (Wildman–Crippen MR) is 99.2 cm³/mol. The number of carbonyl (C=O) groups is 1. The van der Waals surface area contributed by atoms with E-state index in [1.165, 1.54) is 12.1 Å². The van der Waals surface area contributed by atoms with Gasteiger partial charge in [0.05, 0.1) is 5.92 Å². The number of ether oxygens (including phenoxy) is 1. The Morgan fingerprint density at radius 1 is 1.04 bits per heavy atom. The van der Waals surface area contributed by atoms with Gasteiger partial charge in [-0.1, -0.05) is 42.5 Å². The van der Waals surface area contributed by atoms with Gasteiger partial charge in [-0.15, -0.1) is 0 Å². The Kier molecular flexibility index (Phi) is 4.17. The third-order valence-electron chi connectivity index (χ3n) is 5.16. The number of Topliss-reactive ketones (excluding diaryl/α,β-unsaturated/α-hetero) is 1. The summed E-state index contributed by atoms with van der Waals surface area (Å²) >= 11 is 0. The first-order valence-electron chi connectivity index (χ1n) is 8.76. The molecule has 0 saturated carbocycles. The summed E-state index contributed by atoms with van der Waals surface area (Å²) in [5, 5.41) is 19.2. The van der Waals surface area contributed by atoms with Crippen molar-refractivity contribution in [3.63, 3.8) is 0 Å². The van der Waals surface area contributed by atoms with Crippen molar-refractivity contribution >= 4 is 5.78 Å². The lowest BCUT2D eigenvalue weighted by molar-refractivity contribution is -0.117. The molecule has 0 aromatic heterocycles. The summed E-state index contributed by atoms with van der Waals surface area (Å²) in [6, 6.07) is 18.4. The number of nitrogens with two attached hydrogens (primary N) is 1. The van der Waals surface area contributed by atoms with Crippen LogP contribution >= 0.6 is 0 Å². The lowest BCUT2D eigenvalue weighted by atomic mass is 9.73. The van der Waals surface area contributed by atoms with Gasteiger partial charge in [0.2, 0.25) is 5.88 Å². The first-order chi connectivity index (χ1) is 13.1. The summed E-state index contributed by atoms with van der Waals surface area (Å²) in [6.07, 6.45) is 0.915. The highest BCUT2D eigenvalue weighted by atomic mass is 16.5. The Balaban J connectivity index is 1.79. The van der Waals surface area contributed by atoms with Crippen LogP contribution in [0.5, 0.6) is 5.75 Å². The maximum atomic E-state index is 13.1. The Labute approximate surface area is 157 Å². The fourth-order valence-corrected chi connectivity index (χ4v) is 3.87. The lowest BCUT2D eigenvalue weighted by Crippen LogP contribution is -2.29. The molecule has 0 amide bonds. The van der Waals surface area contributed by atoms with Crippen molar-refractivity contribution in [1.82, 2.24) is 0 Å². The van der Waals surface area contributed by atoms with Crippen molar-refractivity contribution in [3.05, 3.63) is 88.5 Å². The maximum absolute atomic E-state index is 13.1. The maximum Gasteiger partial charge on any atom is 0.205 e. The second-order valence-corrected chi connectivity index (χ2v) is 6.79. The summed E-state index contributed by atoms with van der Waals surface area (Å²) in [6.45, 7) is 0. The van der Waals surface area contributed by atoms with E-state index in [0.717, 1.165) is 11.1 Å². The third kappa shape index (κ3) is 2.96. The molecule has 1 aliphatic heterocycles. The van der Waals surface area contributed by atoms with Gasteiger partial charge in [0.1, 0.15) is 23.2 Å². The number of benzene rings is 2. The molecule has 0 unspecified atom stereocenters. The second-order valence-electron chi connectivity index (χ2n) is 6.79. The van der Waals surface area contributed by atoms with Crippen LogP contribution in [0, 0.1) is 11.3 Å². The average Bonchev–Trinajstić information content (AvgIpc) is 2.68. The molecular formula is C22H18N2O3. The molecule has 4 rings (SSSR count). The van der Waals surface area contributed by atoms with E-state index in [0.29, 0.717) is 24.2 Å². The number of hydrogen-bond donors (Lipinski definition) is 2. The molecule has 0 spiro atoms. The van der Waals surface area contributed by atoms with Crippen LogP contribution in [-0.2, 0) is 9.53 Å². The van der Waals surface area contributed by atoms with Crippen LogP contribution in [0.3, 0.4) is 0 Å². The molecule has 134 valence electrons. The molecular weight excluding hydrogens is 340 g/mol. The van der Waals surface area contributed by atoms with Crippen LogP contribution in [0.15, 0.2) is 77.4 Å². The van der Waals surface area contributed by atoms with Gasteiger partial charge in [0, 0.05) is 18.4 Å². The highest BCUT2D eigenvalue weighted by Gasteiger charge is 2.40. The molecule has 5 nitrogen and oxygen atoms in total.